The highest BCUT2D eigenvalue weighted by Gasteiger charge is 2.46. The monoisotopic (exact) mass is 404 g/mol. The van der Waals surface area contributed by atoms with Gasteiger partial charge in [-0.25, -0.2) is 9.07 Å². The molecule has 2 fully saturated rings. The van der Waals surface area contributed by atoms with Crippen LogP contribution in [0.1, 0.15) is 17.9 Å². The third-order valence-electron chi connectivity index (χ3n) is 5.26. The minimum Gasteiger partial charge on any atom is -0.339 e. The molecule has 1 saturated carbocycles. The van der Waals surface area contributed by atoms with Crippen LogP contribution >= 0.6 is 11.8 Å². The number of tetrazole rings is 1. The third-order valence-corrected chi connectivity index (χ3v) is 6.25. The number of halogens is 1. The predicted molar refractivity (Wildman–Crippen MR) is 99.9 cm³/mol. The molecule has 2 atom stereocenters. The highest BCUT2D eigenvalue weighted by atomic mass is 32.2. The Labute approximate surface area is 166 Å². The van der Waals surface area contributed by atoms with E-state index in [0.29, 0.717) is 31.3 Å². The van der Waals surface area contributed by atoms with Crippen molar-refractivity contribution < 1.29 is 14.0 Å². The fraction of sp³-hybridized carbons (Fsp3) is 0.500. The smallest absolute Gasteiger partial charge is 0.233 e. The molecule has 1 aromatic heterocycles. The first kappa shape index (κ1) is 18.9. The van der Waals surface area contributed by atoms with E-state index in [1.165, 1.54) is 28.6 Å². The standard InChI is InChI=1S/C18H21FN6O2S/c1-23-18(20-21-22-23)28-11-16(26)24-6-8-25(9-7-24)17(27)15-10-14(15)12-2-4-13(19)5-3-12/h2-5,14-15H,6-11H2,1H3. The minimum absolute atomic E-state index is 0.0216. The van der Waals surface area contributed by atoms with Gasteiger partial charge in [-0.2, -0.15) is 0 Å². The lowest BCUT2D eigenvalue weighted by molar-refractivity contribution is -0.139. The zero-order valence-electron chi connectivity index (χ0n) is 15.5. The minimum atomic E-state index is -0.262. The molecular weight excluding hydrogens is 383 g/mol. The molecule has 2 unspecified atom stereocenters. The Balaban J connectivity index is 1.24. The Morgan fingerprint density at radius 3 is 2.46 bits per heavy atom. The first-order valence-electron chi connectivity index (χ1n) is 9.20. The quantitative estimate of drug-likeness (QED) is 0.689. The number of carbonyl (C=O) groups is 2. The van der Waals surface area contributed by atoms with Gasteiger partial charge in [-0.05, 0) is 40.5 Å². The third kappa shape index (κ3) is 4.01. The van der Waals surface area contributed by atoms with Gasteiger partial charge in [-0.15, -0.1) is 5.10 Å². The maximum atomic E-state index is 13.1. The zero-order valence-corrected chi connectivity index (χ0v) is 16.3. The molecule has 8 nitrogen and oxygen atoms in total. The second-order valence-corrected chi connectivity index (χ2v) is 8.02. The molecule has 1 aromatic carbocycles. The number of thioether (sulfide) groups is 1. The van der Waals surface area contributed by atoms with Gasteiger partial charge in [0.15, 0.2) is 0 Å². The SMILES string of the molecule is Cn1nnnc1SCC(=O)N1CCN(C(=O)C2CC2c2ccc(F)cc2)CC1. The van der Waals surface area contributed by atoms with Crippen LogP contribution in [0.15, 0.2) is 29.4 Å². The summed E-state index contributed by atoms with van der Waals surface area (Å²) >= 11 is 1.30. The van der Waals surface area contributed by atoms with E-state index in [9.17, 15) is 14.0 Å². The second-order valence-electron chi connectivity index (χ2n) is 7.08. The largest absolute Gasteiger partial charge is 0.339 e. The molecular formula is C18H21FN6O2S. The molecule has 2 heterocycles. The molecule has 1 aliphatic carbocycles. The van der Waals surface area contributed by atoms with Crippen LogP contribution in [-0.2, 0) is 16.6 Å². The molecule has 28 heavy (non-hydrogen) atoms. The molecule has 148 valence electrons. The first-order chi connectivity index (χ1) is 13.5. The van der Waals surface area contributed by atoms with E-state index in [0.717, 1.165) is 12.0 Å². The van der Waals surface area contributed by atoms with Gasteiger partial charge in [0.2, 0.25) is 17.0 Å². The summed E-state index contributed by atoms with van der Waals surface area (Å²) in [5, 5.41) is 11.7. The molecule has 4 rings (SSSR count). The molecule has 0 N–H and O–H groups in total. The van der Waals surface area contributed by atoms with Crippen molar-refractivity contribution in [3.63, 3.8) is 0 Å². The zero-order chi connectivity index (χ0) is 19.7. The van der Waals surface area contributed by atoms with E-state index in [1.54, 1.807) is 24.1 Å². The van der Waals surface area contributed by atoms with Crippen LogP contribution in [0.4, 0.5) is 4.39 Å². The van der Waals surface area contributed by atoms with Crippen molar-refractivity contribution in [1.29, 1.82) is 0 Å². The second kappa shape index (κ2) is 7.86. The summed E-state index contributed by atoms with van der Waals surface area (Å²) < 4.78 is 14.6. The predicted octanol–water partition coefficient (Wildman–Crippen LogP) is 0.916. The summed E-state index contributed by atoms with van der Waals surface area (Å²) in [6, 6.07) is 6.39. The molecule has 2 aromatic rings. The van der Waals surface area contributed by atoms with Crippen molar-refractivity contribution in [2.24, 2.45) is 13.0 Å². The van der Waals surface area contributed by atoms with E-state index < -0.39 is 0 Å². The van der Waals surface area contributed by atoms with Crippen molar-refractivity contribution in [3.8, 4) is 0 Å². The van der Waals surface area contributed by atoms with Crippen molar-refractivity contribution in [3.05, 3.63) is 35.6 Å². The Morgan fingerprint density at radius 2 is 1.82 bits per heavy atom. The lowest BCUT2D eigenvalue weighted by Gasteiger charge is -2.35. The number of carbonyl (C=O) groups excluding carboxylic acids is 2. The molecule has 0 spiro atoms. The lowest BCUT2D eigenvalue weighted by Crippen LogP contribution is -2.51. The number of amides is 2. The number of piperazine rings is 1. The molecule has 0 radical (unpaired) electrons. The molecule has 0 bridgehead atoms. The topological polar surface area (TPSA) is 84.2 Å². The van der Waals surface area contributed by atoms with Gasteiger partial charge in [0.25, 0.3) is 0 Å². The van der Waals surface area contributed by atoms with Gasteiger partial charge in [-0.3, -0.25) is 9.59 Å². The highest BCUT2D eigenvalue weighted by Crippen LogP contribution is 2.48. The Kier molecular flexibility index (Phi) is 5.29. The van der Waals surface area contributed by atoms with Gasteiger partial charge >= 0.3 is 0 Å². The van der Waals surface area contributed by atoms with Gasteiger partial charge in [0, 0.05) is 39.1 Å². The number of aryl methyl sites for hydroxylation is 1. The summed E-state index contributed by atoms with van der Waals surface area (Å²) in [7, 11) is 1.73. The maximum absolute atomic E-state index is 13.1. The summed E-state index contributed by atoms with van der Waals surface area (Å²) in [5.41, 5.74) is 1.02. The fourth-order valence-electron chi connectivity index (χ4n) is 3.52. The van der Waals surface area contributed by atoms with Crippen LogP contribution < -0.4 is 0 Å². The maximum Gasteiger partial charge on any atom is 0.233 e. The number of aromatic nitrogens is 4. The average Bonchev–Trinajstić information content (AvgIpc) is 3.41. The van der Waals surface area contributed by atoms with Crippen molar-refractivity contribution in [2.75, 3.05) is 31.9 Å². The summed E-state index contributed by atoms with van der Waals surface area (Å²) in [6.07, 6.45) is 0.811. The van der Waals surface area contributed by atoms with E-state index in [2.05, 4.69) is 15.5 Å². The molecule has 10 heteroatoms. The average molecular weight is 404 g/mol. The van der Waals surface area contributed by atoms with Crippen LogP contribution in [0, 0.1) is 11.7 Å². The van der Waals surface area contributed by atoms with Crippen LogP contribution in [0.3, 0.4) is 0 Å². The Morgan fingerprint density at radius 1 is 1.14 bits per heavy atom. The lowest BCUT2D eigenvalue weighted by atomic mass is 10.1. The van der Waals surface area contributed by atoms with E-state index in [1.807, 2.05) is 4.90 Å². The van der Waals surface area contributed by atoms with Gasteiger partial charge in [0.1, 0.15) is 5.82 Å². The number of hydrogen-bond donors (Lipinski definition) is 0. The van der Waals surface area contributed by atoms with Gasteiger partial charge < -0.3 is 9.80 Å². The summed E-state index contributed by atoms with van der Waals surface area (Å²) in [4.78, 5) is 28.7. The molecule has 2 amide bonds. The Hall–Kier alpha value is -2.49. The molecule has 2 aliphatic rings. The first-order valence-corrected chi connectivity index (χ1v) is 10.2. The van der Waals surface area contributed by atoms with E-state index >= 15 is 0 Å². The molecule has 1 aliphatic heterocycles. The van der Waals surface area contributed by atoms with Gasteiger partial charge in [0.05, 0.1) is 5.75 Å². The number of benzene rings is 1. The number of nitrogens with zero attached hydrogens (tertiary/aromatic N) is 6. The van der Waals surface area contributed by atoms with Crippen molar-refractivity contribution in [1.82, 2.24) is 30.0 Å². The normalized spacial score (nSPS) is 21.6. The highest BCUT2D eigenvalue weighted by molar-refractivity contribution is 7.99. The molecule has 1 saturated heterocycles. The summed E-state index contributed by atoms with van der Waals surface area (Å²) in [5.74, 6) is 0.339. The fourth-order valence-corrected chi connectivity index (χ4v) is 4.27. The number of hydrogen-bond acceptors (Lipinski definition) is 6. The van der Waals surface area contributed by atoms with Crippen molar-refractivity contribution in [2.45, 2.75) is 17.5 Å². The van der Waals surface area contributed by atoms with Crippen molar-refractivity contribution >= 4 is 23.6 Å². The Bertz CT molecular complexity index is 865. The van der Waals surface area contributed by atoms with Gasteiger partial charge in [-0.1, -0.05) is 23.9 Å². The summed E-state index contributed by atoms with van der Waals surface area (Å²) in [6.45, 7) is 2.17. The number of rotatable bonds is 5. The van der Waals surface area contributed by atoms with Crippen LogP contribution in [0.5, 0.6) is 0 Å². The van der Waals surface area contributed by atoms with E-state index in [4.69, 9.17) is 0 Å². The van der Waals surface area contributed by atoms with E-state index in [-0.39, 0.29) is 35.2 Å². The van der Waals surface area contributed by atoms with Crippen LogP contribution in [0.25, 0.3) is 0 Å². The van der Waals surface area contributed by atoms with Crippen LogP contribution in [-0.4, -0.2) is 73.8 Å². The van der Waals surface area contributed by atoms with Crippen LogP contribution in [0.2, 0.25) is 0 Å².